The summed E-state index contributed by atoms with van der Waals surface area (Å²) < 4.78 is 172. The van der Waals surface area contributed by atoms with Crippen molar-refractivity contribution in [2.45, 2.75) is 292 Å². The molecule has 740 valence electrons. The van der Waals surface area contributed by atoms with E-state index in [9.17, 15) is 58.7 Å². The molecule has 0 amide bonds. The molecular formula is C89H158N3NaO31S4. The molecule has 0 saturated heterocycles. The molecule has 0 saturated carbocycles. The van der Waals surface area contributed by atoms with Crippen molar-refractivity contribution >= 4 is 41.6 Å². The first kappa shape index (κ1) is 134. The molecule has 0 aliphatic carbocycles. The van der Waals surface area contributed by atoms with Crippen LogP contribution in [0.5, 0.6) is 23.0 Å². The summed E-state index contributed by atoms with van der Waals surface area (Å²) in [4.78, 5) is 0. The normalized spacial score (nSPS) is 13.0. The van der Waals surface area contributed by atoms with Crippen LogP contribution in [0.15, 0.2) is 148 Å². The van der Waals surface area contributed by atoms with Crippen LogP contribution in [0.2, 0.25) is 0 Å². The minimum Gasteiger partial charge on any atom is -0.725 e. The zero-order valence-corrected chi connectivity index (χ0v) is 78.5. The second-order valence-corrected chi connectivity index (χ2v) is 32.8. The number of aryl methyl sites for hydroxylation is 4. The molecule has 4 aromatic carbocycles. The van der Waals surface area contributed by atoms with E-state index in [2.05, 4.69) is 95.4 Å². The number of benzene rings is 4. The van der Waals surface area contributed by atoms with E-state index in [-0.39, 0.29) is 138 Å². The van der Waals surface area contributed by atoms with Gasteiger partial charge < -0.3 is 78.2 Å². The molecule has 0 heterocycles. The van der Waals surface area contributed by atoms with Crippen LogP contribution in [-0.4, -0.2) is 203 Å². The Morgan fingerprint density at radius 2 is 0.586 bits per heavy atom. The predicted molar refractivity (Wildman–Crippen MR) is 493 cm³/mol. The monoisotopic (exact) mass is 1920 g/mol. The quantitative estimate of drug-likeness (QED) is 0.00373. The molecular weight excluding hydrogens is 1760 g/mol. The Bertz CT molecular complexity index is 3700. The Balaban J connectivity index is -0.000000374. The molecule has 0 aromatic heterocycles. The summed E-state index contributed by atoms with van der Waals surface area (Å²) in [5, 5.41) is 63.7. The fraction of sp³-hybridized carbons (Fsp3) is 0.640. The van der Waals surface area contributed by atoms with Crippen LogP contribution in [0.1, 0.15) is 240 Å². The third kappa shape index (κ3) is 78.4. The molecule has 4 aromatic rings. The summed E-state index contributed by atoms with van der Waals surface area (Å²) in [6.07, 6.45) is 29.2. The van der Waals surface area contributed by atoms with Gasteiger partial charge in [-0.15, -0.1) is 26.3 Å². The predicted octanol–water partition coefficient (Wildman–Crippen LogP) is 10.9. The number of unbranched alkanes of at least 4 members (excludes halogenated alkanes) is 16. The number of hydrogen-bond donors (Lipinski definition) is 10. The number of nitrogens with two attached hydrogens (primary N) is 2. The summed E-state index contributed by atoms with van der Waals surface area (Å²) >= 11 is 0. The van der Waals surface area contributed by atoms with Crippen LogP contribution in [-0.2, 0) is 116 Å². The third-order valence-electron chi connectivity index (χ3n) is 17.7. The largest absolute Gasteiger partial charge is 1.00 e. The molecule has 0 fully saturated rings. The van der Waals surface area contributed by atoms with Crippen LogP contribution in [0.25, 0.3) is 0 Å². The van der Waals surface area contributed by atoms with E-state index in [1.54, 1.807) is 0 Å². The Morgan fingerprint density at radius 3 is 0.820 bits per heavy atom. The van der Waals surface area contributed by atoms with Crippen molar-refractivity contribution in [2.24, 2.45) is 11.8 Å². The summed E-state index contributed by atoms with van der Waals surface area (Å²) in [5.41, 5.74) is 7.00. The number of hydrogen-bond acceptors (Lipinski definition) is 34. The third-order valence-corrected chi connectivity index (χ3v) is 20.1. The van der Waals surface area contributed by atoms with Gasteiger partial charge >= 0.3 is 60.8 Å². The van der Waals surface area contributed by atoms with Gasteiger partial charge in [0.15, 0.2) is 27.2 Å². The molecule has 39 heteroatoms. The summed E-state index contributed by atoms with van der Waals surface area (Å²) in [6, 6.07) is 31.1. The van der Waals surface area contributed by atoms with Crippen LogP contribution in [0.4, 0.5) is 0 Å². The Morgan fingerprint density at radius 1 is 0.352 bits per heavy atom. The first-order valence-electron chi connectivity index (χ1n) is 41.8. The van der Waals surface area contributed by atoms with E-state index in [0.29, 0.717) is 23.0 Å². The molecule has 128 heavy (non-hydrogen) atoms. The number of hydroxylamine groups is 1. The standard InChI is InChI=1S/C22H37NO7S.C21H35NO7S.C19H31NO8S.C19H30O7S.C4H10O2.4CH4.Na/c1-3-5-6-7-8-9-10-11-19-12-14-21(15-13-19)27-17-22(16-20(24)4-2)28-18-29-31(25,26)30-23;1-3-5-6-7-8-9-10-18-11-13-20(14-12-18)26-16-21(15-19(23)4-2)27-17-28-30(24,25)29-22;1-3-5-6-16-7-9-18(10-8-16)25-14-19(13-17(22)4-2)26-15-27-29(23,24)28-20-11-12-21;1-3-5-6-7-8-16-9-11-18(12-10-16)24-14-19(13-17(20)4-2)25-15-26-27(21,22)23;5-3-1-2-4-6;;;;;/h4,12-15,20,22,24H,2-3,5-11,16-18,23H2,1H3;4,11-14,19,21,23H,2-3,5-10,15-17,22H2,1H3;4,7-10,17,19-22H,2-3,5-6,11-15H2,1H3;4,9-12,17,19-20H,2-3,5-8,13-15H2,1H3,(H,21,22,23);5-6H,1-4H2;4*1H4;/q;;;;;;;;;+1/p-1. The average Bonchev–Trinajstić information content (AvgIpc) is 0.907. The number of ether oxygens (including phenoxy) is 8. The van der Waals surface area contributed by atoms with E-state index in [0.717, 1.165) is 57.8 Å². The fourth-order valence-electron chi connectivity index (χ4n) is 10.7. The van der Waals surface area contributed by atoms with Gasteiger partial charge in [0, 0.05) is 45.4 Å². The molecule has 4 rings (SSSR count). The van der Waals surface area contributed by atoms with Gasteiger partial charge in [0.2, 0.25) is 10.4 Å². The maximum atomic E-state index is 11.5. The van der Waals surface area contributed by atoms with Crippen molar-refractivity contribution in [2.75, 3.05) is 80.0 Å². The SMILES string of the molecule is C.C.C.C.C=CC(O)CC(COc1ccc(CCCC)cc1)OCOS(=O)(=O)ONCCO.C=CC(O)CC(COc1ccc(CCCCCC)cc1)OCOS(=O)(=O)[O-].C=CC(O)CC(COc1ccc(CCCCCCCC)cc1)OCOS(=O)(=O)ON.C=CC(O)CC(COc1ccc(CCCCCCCCC)cc1)OCOS(=O)(=O)ON.OCCCCO.[Na+]. The Kier molecular flexibility index (Phi) is 89.9. The van der Waals surface area contributed by atoms with Crippen molar-refractivity contribution < 1.29 is 171 Å². The maximum Gasteiger partial charge on any atom is 1.00 e. The van der Waals surface area contributed by atoms with Crippen molar-refractivity contribution in [3.05, 3.63) is 170 Å². The van der Waals surface area contributed by atoms with E-state index in [1.807, 2.05) is 103 Å². The van der Waals surface area contributed by atoms with Crippen LogP contribution in [0.3, 0.4) is 0 Å². The van der Waals surface area contributed by atoms with E-state index in [1.165, 1.54) is 149 Å². The molecule has 34 nitrogen and oxygen atoms in total. The van der Waals surface area contributed by atoms with Crippen LogP contribution < -0.4 is 65.8 Å². The zero-order chi connectivity index (χ0) is 91.7. The van der Waals surface area contributed by atoms with E-state index in [4.69, 9.17) is 53.2 Å². The molecule has 8 atom stereocenters. The van der Waals surface area contributed by atoms with E-state index < -0.39 is 118 Å². The van der Waals surface area contributed by atoms with Gasteiger partial charge in [-0.2, -0.15) is 55.4 Å². The Labute approximate surface area is 789 Å². The number of aliphatic hydroxyl groups is 7. The average molecular weight is 1920 g/mol. The number of nitrogens with one attached hydrogen (secondary N) is 1. The Hall–Kier alpha value is -5.04. The van der Waals surface area contributed by atoms with Crippen LogP contribution >= 0.6 is 0 Å². The van der Waals surface area contributed by atoms with Crippen molar-refractivity contribution in [3.63, 3.8) is 0 Å². The summed E-state index contributed by atoms with van der Waals surface area (Å²) in [5.74, 6) is 11.8. The minimum atomic E-state index is -4.84. The van der Waals surface area contributed by atoms with Crippen molar-refractivity contribution in [3.8, 4) is 23.0 Å². The smallest absolute Gasteiger partial charge is 0.725 e. The minimum absolute atomic E-state index is 0. The van der Waals surface area contributed by atoms with Gasteiger partial charge in [-0.05, 0) is 135 Å². The first-order chi connectivity index (χ1) is 58.9. The van der Waals surface area contributed by atoms with E-state index >= 15 is 0 Å². The van der Waals surface area contributed by atoms with Gasteiger partial charge in [0.25, 0.3) is 0 Å². The summed E-state index contributed by atoms with van der Waals surface area (Å²) in [6.45, 7) is 20.5. The second-order valence-electron chi connectivity index (χ2n) is 28.1. The van der Waals surface area contributed by atoms with Gasteiger partial charge in [-0.3, -0.25) is 4.18 Å². The van der Waals surface area contributed by atoms with Crippen molar-refractivity contribution in [1.29, 1.82) is 0 Å². The fourth-order valence-corrected chi connectivity index (χ4v) is 11.8. The van der Waals surface area contributed by atoms with Gasteiger partial charge in [-0.25, -0.2) is 21.0 Å². The second kappa shape index (κ2) is 86.1. The first-order valence-corrected chi connectivity index (χ1v) is 47.1. The number of rotatable bonds is 72. The molecule has 0 radical (unpaired) electrons. The van der Waals surface area contributed by atoms with Gasteiger partial charge in [0.05, 0.1) is 55.4 Å². The topological polar surface area (TPSA) is 504 Å². The van der Waals surface area contributed by atoms with Crippen molar-refractivity contribution in [1.82, 2.24) is 5.48 Å². The molecule has 0 spiro atoms. The molecule has 8 unspecified atom stereocenters. The summed E-state index contributed by atoms with van der Waals surface area (Å²) in [7, 11) is -17.8. The van der Waals surface area contributed by atoms with Gasteiger partial charge in [-0.1, -0.05) is 227 Å². The van der Waals surface area contributed by atoms with Gasteiger partial charge in [0.1, 0.15) is 49.4 Å². The molecule has 12 N–H and O–H groups in total. The number of aliphatic hydroxyl groups excluding tert-OH is 7. The molecule has 0 aliphatic rings. The zero-order valence-electron chi connectivity index (χ0n) is 73.2. The van der Waals surface area contributed by atoms with Crippen LogP contribution in [0, 0.1) is 0 Å². The molecule has 0 bridgehead atoms. The maximum absolute atomic E-state index is 11.5. The molecule has 0 aliphatic heterocycles.